The van der Waals surface area contributed by atoms with Gasteiger partial charge in [-0.05, 0) is 0 Å². The highest BCUT2D eigenvalue weighted by molar-refractivity contribution is 6.43. The normalized spacial score (nSPS) is 23.2. The van der Waals surface area contributed by atoms with Crippen LogP contribution in [-0.2, 0) is 28.7 Å². The Balaban J connectivity index is 1.73. The standard InChI is InChI=1S/C22H12N2O12/c25-15(9-3-1-5-11(7-9)23(31)32)13-17(27)21(29)35-19(13)20-14(18(28)22(30)36-20)16(26)10-4-2-6-12(8-10)24(33)34/h1-8,13-14,19-20H/t13-,14-,19+,20+/m1/s1. The fourth-order valence-corrected chi connectivity index (χ4v) is 4.01. The molecule has 2 aliphatic rings. The summed E-state index contributed by atoms with van der Waals surface area (Å²) in [6, 6.07) is 8.47. The maximum Gasteiger partial charge on any atom is 0.376 e. The van der Waals surface area contributed by atoms with E-state index in [9.17, 15) is 49.0 Å². The molecule has 0 amide bonds. The number of nitro benzene ring substituents is 2. The minimum Gasteiger partial charge on any atom is -0.451 e. The molecule has 2 fully saturated rings. The van der Waals surface area contributed by atoms with E-state index in [1.54, 1.807) is 0 Å². The number of Topliss-reactive ketones (excluding diaryl/α,β-unsaturated/α-hetero) is 4. The van der Waals surface area contributed by atoms with Gasteiger partial charge in [0.2, 0.25) is 0 Å². The molecule has 0 unspecified atom stereocenters. The van der Waals surface area contributed by atoms with Gasteiger partial charge in [-0.2, -0.15) is 0 Å². The van der Waals surface area contributed by atoms with Gasteiger partial charge in [0, 0.05) is 35.4 Å². The third-order valence-electron chi connectivity index (χ3n) is 5.68. The van der Waals surface area contributed by atoms with Crippen molar-refractivity contribution >= 4 is 46.4 Å². The van der Waals surface area contributed by atoms with Gasteiger partial charge in [-0.1, -0.05) is 24.3 Å². The SMILES string of the molecule is O=C1O[C@H]([C@H]2OC(=O)C(=O)[C@H]2C(=O)c2cccc([N+](=O)[O-])c2)[C@H](C(=O)c2cccc([N+](=O)[O-])c2)C1=O. The predicted octanol–water partition coefficient (Wildman–Crippen LogP) is 0.790. The Morgan fingerprint density at radius 1 is 0.667 bits per heavy atom. The van der Waals surface area contributed by atoms with Crippen LogP contribution in [-0.4, -0.2) is 57.1 Å². The molecule has 182 valence electrons. The Hall–Kier alpha value is -5.14. The van der Waals surface area contributed by atoms with Crippen LogP contribution in [0.25, 0.3) is 0 Å². The topological polar surface area (TPSA) is 207 Å². The van der Waals surface area contributed by atoms with Gasteiger partial charge in [-0.15, -0.1) is 0 Å². The second kappa shape index (κ2) is 8.90. The van der Waals surface area contributed by atoms with Crippen molar-refractivity contribution in [1.29, 1.82) is 0 Å². The first-order valence-electron chi connectivity index (χ1n) is 10.1. The van der Waals surface area contributed by atoms with Gasteiger partial charge in [0.25, 0.3) is 22.9 Å². The lowest BCUT2D eigenvalue weighted by molar-refractivity contribution is -0.385. The molecule has 0 radical (unpaired) electrons. The van der Waals surface area contributed by atoms with Gasteiger partial charge in [-0.3, -0.25) is 39.4 Å². The molecule has 2 aromatic rings. The molecule has 0 bridgehead atoms. The zero-order valence-corrected chi connectivity index (χ0v) is 17.7. The summed E-state index contributed by atoms with van der Waals surface area (Å²) < 4.78 is 9.86. The van der Waals surface area contributed by atoms with E-state index in [2.05, 4.69) is 0 Å². The Kier molecular flexibility index (Phi) is 5.93. The van der Waals surface area contributed by atoms with E-state index >= 15 is 0 Å². The van der Waals surface area contributed by atoms with Gasteiger partial charge in [0.05, 0.1) is 9.85 Å². The van der Waals surface area contributed by atoms with E-state index in [4.69, 9.17) is 9.47 Å². The maximum absolute atomic E-state index is 13.1. The lowest BCUT2D eigenvalue weighted by atomic mass is 9.81. The molecule has 14 nitrogen and oxygen atoms in total. The highest BCUT2D eigenvalue weighted by Gasteiger charge is 2.60. The monoisotopic (exact) mass is 496 g/mol. The zero-order valence-electron chi connectivity index (χ0n) is 17.7. The Morgan fingerprint density at radius 2 is 1.03 bits per heavy atom. The molecule has 2 saturated heterocycles. The van der Waals surface area contributed by atoms with Crippen LogP contribution in [0.5, 0.6) is 0 Å². The van der Waals surface area contributed by atoms with E-state index in [1.807, 2.05) is 0 Å². The summed E-state index contributed by atoms with van der Waals surface area (Å²) >= 11 is 0. The molecule has 14 heteroatoms. The van der Waals surface area contributed by atoms with E-state index in [-0.39, 0.29) is 11.1 Å². The van der Waals surface area contributed by atoms with Crippen molar-refractivity contribution in [3.05, 3.63) is 79.9 Å². The molecule has 0 N–H and O–H groups in total. The lowest BCUT2D eigenvalue weighted by Gasteiger charge is -2.23. The largest absolute Gasteiger partial charge is 0.451 e. The van der Waals surface area contributed by atoms with Crippen LogP contribution < -0.4 is 0 Å². The number of esters is 2. The number of carbonyl (C=O) groups excluding carboxylic acids is 6. The fourth-order valence-electron chi connectivity index (χ4n) is 4.01. The van der Waals surface area contributed by atoms with Crippen LogP contribution in [0.4, 0.5) is 11.4 Å². The molecule has 2 aromatic carbocycles. The van der Waals surface area contributed by atoms with Crippen molar-refractivity contribution in [2.45, 2.75) is 12.2 Å². The number of ether oxygens (including phenoxy) is 2. The fraction of sp³-hybridized carbons (Fsp3) is 0.182. The van der Waals surface area contributed by atoms with Crippen LogP contribution >= 0.6 is 0 Å². The predicted molar refractivity (Wildman–Crippen MR) is 112 cm³/mol. The highest BCUT2D eigenvalue weighted by atomic mass is 16.6. The average molecular weight is 496 g/mol. The first-order chi connectivity index (χ1) is 17.0. The molecular weight excluding hydrogens is 484 g/mol. The third kappa shape index (κ3) is 4.00. The Labute approximate surface area is 199 Å². The minimum absolute atomic E-state index is 0.344. The van der Waals surface area contributed by atoms with E-state index < -0.39 is 80.3 Å². The van der Waals surface area contributed by atoms with Gasteiger partial charge >= 0.3 is 11.9 Å². The van der Waals surface area contributed by atoms with Crippen LogP contribution in [0.3, 0.4) is 0 Å². The number of non-ortho nitro benzene ring substituents is 2. The molecule has 2 aliphatic heterocycles. The zero-order chi connectivity index (χ0) is 26.3. The van der Waals surface area contributed by atoms with Gasteiger partial charge in [0.1, 0.15) is 11.8 Å². The van der Waals surface area contributed by atoms with E-state index in [1.165, 1.54) is 0 Å². The van der Waals surface area contributed by atoms with Crippen LogP contribution in [0.2, 0.25) is 0 Å². The smallest absolute Gasteiger partial charge is 0.376 e. The van der Waals surface area contributed by atoms with Crippen molar-refractivity contribution in [2.24, 2.45) is 11.8 Å². The van der Waals surface area contributed by atoms with Crippen molar-refractivity contribution in [3.63, 3.8) is 0 Å². The van der Waals surface area contributed by atoms with Crippen LogP contribution in [0.15, 0.2) is 48.5 Å². The molecule has 0 aliphatic carbocycles. The molecule has 0 saturated carbocycles. The molecule has 4 atom stereocenters. The molecule has 36 heavy (non-hydrogen) atoms. The summed E-state index contributed by atoms with van der Waals surface area (Å²) in [5.74, 6) is -11.9. The molecule has 0 aromatic heterocycles. The number of hydrogen-bond donors (Lipinski definition) is 0. The van der Waals surface area contributed by atoms with Crippen molar-refractivity contribution < 1.29 is 48.1 Å². The van der Waals surface area contributed by atoms with Gasteiger partial charge in [-0.25, -0.2) is 9.59 Å². The molecular formula is C22H12N2O12. The summed E-state index contributed by atoms with van der Waals surface area (Å²) in [4.78, 5) is 95.9. The van der Waals surface area contributed by atoms with Crippen molar-refractivity contribution in [2.75, 3.05) is 0 Å². The maximum atomic E-state index is 13.1. The average Bonchev–Trinajstić information content (AvgIpc) is 3.32. The first-order valence-corrected chi connectivity index (χ1v) is 10.1. The number of carbonyl (C=O) groups is 6. The molecule has 0 spiro atoms. The highest BCUT2D eigenvalue weighted by Crippen LogP contribution is 2.36. The molecule has 2 heterocycles. The number of nitrogens with zero attached hydrogens (tertiary/aromatic N) is 2. The second-order valence-corrected chi connectivity index (χ2v) is 7.77. The number of nitro groups is 2. The number of rotatable bonds is 7. The lowest BCUT2D eigenvalue weighted by Crippen LogP contribution is -2.44. The number of ketones is 4. The number of benzene rings is 2. The van der Waals surface area contributed by atoms with Crippen molar-refractivity contribution in [3.8, 4) is 0 Å². The first kappa shape index (κ1) is 24.0. The Bertz CT molecular complexity index is 1290. The summed E-state index contributed by atoms with van der Waals surface area (Å²) in [6.07, 6.45) is -3.81. The summed E-state index contributed by atoms with van der Waals surface area (Å²) in [7, 11) is 0. The van der Waals surface area contributed by atoms with Crippen molar-refractivity contribution in [1.82, 2.24) is 0 Å². The third-order valence-corrected chi connectivity index (χ3v) is 5.68. The molecule has 4 rings (SSSR count). The van der Waals surface area contributed by atoms with Crippen LogP contribution in [0.1, 0.15) is 20.7 Å². The van der Waals surface area contributed by atoms with E-state index in [0.29, 0.717) is 0 Å². The van der Waals surface area contributed by atoms with Gasteiger partial charge in [0.15, 0.2) is 23.8 Å². The number of cyclic esters (lactones) is 2. The summed E-state index contributed by atoms with van der Waals surface area (Å²) in [5.41, 5.74) is -1.67. The Morgan fingerprint density at radius 3 is 1.36 bits per heavy atom. The van der Waals surface area contributed by atoms with Gasteiger partial charge < -0.3 is 9.47 Å². The summed E-state index contributed by atoms with van der Waals surface area (Å²) in [6.45, 7) is 0. The quantitative estimate of drug-likeness (QED) is 0.130. The van der Waals surface area contributed by atoms with Crippen LogP contribution in [0, 0.1) is 32.1 Å². The second-order valence-electron chi connectivity index (χ2n) is 7.77. The number of hydrogen-bond acceptors (Lipinski definition) is 12. The van der Waals surface area contributed by atoms with E-state index in [0.717, 1.165) is 48.5 Å². The minimum atomic E-state index is -1.98. The summed E-state index contributed by atoms with van der Waals surface area (Å²) in [5, 5.41) is 22.1.